The second-order valence-corrected chi connectivity index (χ2v) is 7.26. The largest absolute Gasteiger partial charge is 0.365 e. The monoisotopic (exact) mass is 338 g/mol. The highest BCUT2D eigenvalue weighted by molar-refractivity contribution is 9.10. The first-order chi connectivity index (χ1) is 9.51. The van der Waals surface area contributed by atoms with E-state index < -0.39 is 0 Å². The molecule has 112 valence electrons. The molecule has 2 rings (SSSR count). The van der Waals surface area contributed by atoms with Crippen molar-refractivity contribution in [2.45, 2.75) is 52.6 Å². The Hall–Kier alpha value is -0.540. The molecule has 1 heterocycles. The lowest BCUT2D eigenvalue weighted by Gasteiger charge is -2.42. The van der Waals surface area contributed by atoms with Gasteiger partial charge in [-0.25, -0.2) is 0 Å². The number of rotatable bonds is 4. The first-order valence-electron chi connectivity index (χ1n) is 7.77. The number of hydrogen-bond acceptors (Lipinski definition) is 2. The van der Waals surface area contributed by atoms with Crippen molar-refractivity contribution in [1.82, 2.24) is 5.32 Å². The average Bonchev–Trinajstić information content (AvgIpc) is 2.38. The van der Waals surface area contributed by atoms with Crippen molar-refractivity contribution in [2.75, 3.05) is 18.0 Å². The van der Waals surface area contributed by atoms with Crippen molar-refractivity contribution >= 4 is 21.6 Å². The maximum atomic E-state index is 3.75. The van der Waals surface area contributed by atoms with Crippen LogP contribution in [0.4, 0.5) is 5.69 Å². The van der Waals surface area contributed by atoms with Crippen LogP contribution >= 0.6 is 15.9 Å². The van der Waals surface area contributed by atoms with Gasteiger partial charge in [0.05, 0.1) is 5.69 Å². The van der Waals surface area contributed by atoms with Gasteiger partial charge in [0, 0.05) is 29.6 Å². The standard InChI is InChI=1S/C17H27BrN2/c1-5-15-10-19-14(8-12(2)3)11-20(15)17-7-6-13(4)9-16(17)18/h6-7,9,12,14-15,19H,5,8,10-11H2,1-4H3. The Bertz CT molecular complexity index is 445. The van der Waals surface area contributed by atoms with Crippen LogP contribution < -0.4 is 10.2 Å². The molecule has 1 aliphatic heterocycles. The molecule has 0 saturated carbocycles. The van der Waals surface area contributed by atoms with Crippen LogP contribution in [-0.2, 0) is 0 Å². The summed E-state index contributed by atoms with van der Waals surface area (Å²) >= 11 is 3.75. The maximum absolute atomic E-state index is 3.75. The second-order valence-electron chi connectivity index (χ2n) is 6.40. The molecule has 2 nitrogen and oxygen atoms in total. The second kappa shape index (κ2) is 6.95. The van der Waals surface area contributed by atoms with E-state index in [1.807, 2.05) is 0 Å². The molecule has 2 unspecified atom stereocenters. The summed E-state index contributed by atoms with van der Waals surface area (Å²) in [5.41, 5.74) is 2.65. The van der Waals surface area contributed by atoms with Crippen molar-refractivity contribution in [3.63, 3.8) is 0 Å². The fourth-order valence-electron chi connectivity index (χ4n) is 3.10. The van der Waals surface area contributed by atoms with Crippen molar-refractivity contribution in [2.24, 2.45) is 5.92 Å². The van der Waals surface area contributed by atoms with Gasteiger partial charge in [0.1, 0.15) is 0 Å². The Kier molecular flexibility index (Phi) is 5.50. The quantitative estimate of drug-likeness (QED) is 0.877. The minimum atomic E-state index is 0.595. The van der Waals surface area contributed by atoms with Crippen LogP contribution in [0.25, 0.3) is 0 Å². The molecule has 0 amide bonds. The van der Waals surface area contributed by atoms with Gasteiger partial charge >= 0.3 is 0 Å². The van der Waals surface area contributed by atoms with Crippen LogP contribution in [0.2, 0.25) is 0 Å². The highest BCUT2D eigenvalue weighted by Crippen LogP contribution is 2.31. The smallest absolute Gasteiger partial charge is 0.0514 e. The van der Waals surface area contributed by atoms with Gasteiger partial charge in [-0.15, -0.1) is 0 Å². The topological polar surface area (TPSA) is 15.3 Å². The van der Waals surface area contributed by atoms with Gasteiger partial charge in [0.25, 0.3) is 0 Å². The maximum Gasteiger partial charge on any atom is 0.0514 e. The zero-order chi connectivity index (χ0) is 14.7. The number of hydrogen-bond donors (Lipinski definition) is 1. The van der Waals surface area contributed by atoms with Gasteiger partial charge in [-0.3, -0.25) is 0 Å². The molecule has 1 aromatic rings. The number of halogens is 1. The Balaban J connectivity index is 2.20. The Morgan fingerprint density at radius 3 is 2.75 bits per heavy atom. The SMILES string of the molecule is CCC1CNC(CC(C)C)CN1c1ccc(C)cc1Br. The molecule has 0 aromatic heterocycles. The van der Waals surface area contributed by atoms with E-state index in [1.165, 1.54) is 28.6 Å². The molecular weight excluding hydrogens is 312 g/mol. The summed E-state index contributed by atoms with van der Waals surface area (Å²) in [7, 11) is 0. The summed E-state index contributed by atoms with van der Waals surface area (Å²) in [5, 5.41) is 3.73. The lowest BCUT2D eigenvalue weighted by molar-refractivity contribution is 0.343. The van der Waals surface area contributed by atoms with Gasteiger partial charge in [-0.2, -0.15) is 0 Å². The third-order valence-electron chi connectivity index (χ3n) is 4.14. The van der Waals surface area contributed by atoms with Crippen LogP contribution in [0.5, 0.6) is 0 Å². The van der Waals surface area contributed by atoms with Crippen molar-refractivity contribution in [3.05, 3.63) is 28.2 Å². The third kappa shape index (κ3) is 3.76. The summed E-state index contributed by atoms with van der Waals surface area (Å²) < 4.78 is 1.22. The molecule has 2 atom stereocenters. The summed E-state index contributed by atoms with van der Waals surface area (Å²) in [6.45, 7) is 11.2. The zero-order valence-corrected chi connectivity index (χ0v) is 14.7. The lowest BCUT2D eigenvalue weighted by Crippen LogP contribution is -2.56. The fraction of sp³-hybridized carbons (Fsp3) is 0.647. The van der Waals surface area contributed by atoms with Gasteiger partial charge in [-0.1, -0.05) is 26.8 Å². The summed E-state index contributed by atoms with van der Waals surface area (Å²) in [4.78, 5) is 2.59. The molecular formula is C17H27BrN2. The molecule has 1 aromatic carbocycles. The first kappa shape index (κ1) is 15.8. The van der Waals surface area contributed by atoms with E-state index in [9.17, 15) is 0 Å². The molecule has 1 saturated heterocycles. The number of nitrogens with zero attached hydrogens (tertiary/aromatic N) is 1. The van der Waals surface area contributed by atoms with Crippen LogP contribution in [0.1, 0.15) is 39.2 Å². The molecule has 0 spiro atoms. The minimum Gasteiger partial charge on any atom is -0.365 e. The molecule has 1 aliphatic rings. The number of aryl methyl sites for hydroxylation is 1. The molecule has 3 heteroatoms. The van der Waals surface area contributed by atoms with Crippen molar-refractivity contribution in [1.29, 1.82) is 0 Å². The zero-order valence-electron chi connectivity index (χ0n) is 13.1. The van der Waals surface area contributed by atoms with E-state index in [0.29, 0.717) is 12.1 Å². The number of piperazine rings is 1. The predicted octanol–water partition coefficient (Wildman–Crippen LogP) is 4.36. The van der Waals surface area contributed by atoms with E-state index in [4.69, 9.17) is 0 Å². The Morgan fingerprint density at radius 2 is 2.15 bits per heavy atom. The molecule has 0 radical (unpaired) electrons. The van der Waals surface area contributed by atoms with Crippen LogP contribution in [0.3, 0.4) is 0 Å². The molecule has 0 aliphatic carbocycles. The van der Waals surface area contributed by atoms with Crippen LogP contribution in [0, 0.1) is 12.8 Å². The van der Waals surface area contributed by atoms with Gasteiger partial charge in [0.15, 0.2) is 0 Å². The summed E-state index contributed by atoms with van der Waals surface area (Å²) in [6.07, 6.45) is 2.43. The van der Waals surface area contributed by atoms with Crippen LogP contribution in [0.15, 0.2) is 22.7 Å². The first-order valence-corrected chi connectivity index (χ1v) is 8.56. The summed E-state index contributed by atoms with van der Waals surface area (Å²) in [6, 6.07) is 7.90. The van der Waals surface area contributed by atoms with E-state index >= 15 is 0 Å². The number of benzene rings is 1. The molecule has 20 heavy (non-hydrogen) atoms. The lowest BCUT2D eigenvalue weighted by atomic mass is 9.98. The highest BCUT2D eigenvalue weighted by Gasteiger charge is 2.28. The highest BCUT2D eigenvalue weighted by atomic mass is 79.9. The van der Waals surface area contributed by atoms with Gasteiger partial charge in [0.2, 0.25) is 0 Å². The average molecular weight is 339 g/mol. The van der Waals surface area contributed by atoms with E-state index in [2.05, 4.69) is 72.0 Å². The van der Waals surface area contributed by atoms with Crippen molar-refractivity contribution in [3.8, 4) is 0 Å². The van der Waals surface area contributed by atoms with E-state index in [0.717, 1.165) is 19.0 Å². The Morgan fingerprint density at radius 1 is 1.40 bits per heavy atom. The van der Waals surface area contributed by atoms with E-state index in [1.54, 1.807) is 0 Å². The number of anilines is 1. The molecule has 0 bridgehead atoms. The summed E-state index contributed by atoms with van der Waals surface area (Å²) in [5.74, 6) is 0.744. The fourth-order valence-corrected chi connectivity index (χ4v) is 3.82. The molecule has 1 N–H and O–H groups in total. The molecule has 1 fully saturated rings. The minimum absolute atomic E-state index is 0.595. The van der Waals surface area contributed by atoms with Gasteiger partial charge < -0.3 is 10.2 Å². The van der Waals surface area contributed by atoms with Crippen LogP contribution in [-0.4, -0.2) is 25.2 Å². The Labute approximate surface area is 132 Å². The van der Waals surface area contributed by atoms with Crippen molar-refractivity contribution < 1.29 is 0 Å². The predicted molar refractivity (Wildman–Crippen MR) is 91.5 cm³/mol. The number of nitrogens with one attached hydrogen (secondary N) is 1. The normalized spacial score (nSPS) is 23.4. The van der Waals surface area contributed by atoms with Gasteiger partial charge in [-0.05, 0) is 59.3 Å². The third-order valence-corrected chi connectivity index (χ3v) is 4.77. The van der Waals surface area contributed by atoms with E-state index in [-0.39, 0.29) is 0 Å².